The van der Waals surface area contributed by atoms with Crippen LogP contribution in [0.1, 0.15) is 49.9 Å². The van der Waals surface area contributed by atoms with E-state index < -0.39 is 0 Å². The fourth-order valence-corrected chi connectivity index (χ4v) is 3.30. The number of carbonyl (C=O) groups excluding carboxylic acids is 1. The van der Waals surface area contributed by atoms with E-state index in [-0.39, 0.29) is 11.3 Å². The van der Waals surface area contributed by atoms with Crippen LogP contribution in [0.25, 0.3) is 0 Å². The van der Waals surface area contributed by atoms with Crippen LogP contribution in [0.3, 0.4) is 0 Å². The van der Waals surface area contributed by atoms with E-state index in [0.717, 1.165) is 31.5 Å². The molecule has 0 amide bonds. The van der Waals surface area contributed by atoms with Crippen LogP contribution in [0.4, 0.5) is 0 Å². The number of benzene rings is 1. The summed E-state index contributed by atoms with van der Waals surface area (Å²) in [5.74, 6) is 0.246. The van der Waals surface area contributed by atoms with Gasteiger partial charge in [-0.05, 0) is 63.0 Å². The highest BCUT2D eigenvalue weighted by molar-refractivity contribution is 6.30. The maximum absolute atomic E-state index is 12.9. The minimum atomic E-state index is -0.329. The van der Waals surface area contributed by atoms with Crippen molar-refractivity contribution in [3.05, 3.63) is 34.9 Å². The zero-order valence-corrected chi connectivity index (χ0v) is 12.5. The number of nitrogens with zero attached hydrogens (tertiary/aromatic N) is 1. The van der Waals surface area contributed by atoms with Gasteiger partial charge in [0.2, 0.25) is 0 Å². The van der Waals surface area contributed by atoms with Crippen molar-refractivity contribution < 1.29 is 4.79 Å². The summed E-state index contributed by atoms with van der Waals surface area (Å²) in [7, 11) is 0. The highest BCUT2D eigenvalue weighted by atomic mass is 35.5. The Labute approximate surface area is 120 Å². The Bertz CT molecular complexity index is 431. The molecule has 2 rings (SSSR count). The summed E-state index contributed by atoms with van der Waals surface area (Å²) in [6.45, 7) is 6.33. The molecule has 1 saturated heterocycles. The summed E-state index contributed by atoms with van der Waals surface area (Å²) in [5.41, 5.74) is 0.449. The van der Waals surface area contributed by atoms with Gasteiger partial charge in [-0.1, -0.05) is 25.4 Å². The lowest BCUT2D eigenvalue weighted by molar-refractivity contribution is 0.0581. The molecule has 1 aliphatic rings. The molecular formula is C16H22ClNO. The predicted molar refractivity (Wildman–Crippen MR) is 79.9 cm³/mol. The van der Waals surface area contributed by atoms with Crippen molar-refractivity contribution in [2.45, 2.75) is 45.1 Å². The molecule has 19 heavy (non-hydrogen) atoms. The van der Waals surface area contributed by atoms with E-state index in [9.17, 15) is 4.79 Å². The van der Waals surface area contributed by atoms with Crippen molar-refractivity contribution in [2.24, 2.45) is 0 Å². The van der Waals surface area contributed by atoms with Gasteiger partial charge in [0.15, 0.2) is 5.78 Å². The van der Waals surface area contributed by atoms with Crippen LogP contribution >= 0.6 is 11.6 Å². The van der Waals surface area contributed by atoms with Gasteiger partial charge in [-0.2, -0.15) is 0 Å². The van der Waals surface area contributed by atoms with E-state index in [4.69, 9.17) is 11.6 Å². The number of hydrogen-bond donors (Lipinski definition) is 0. The lowest BCUT2D eigenvalue weighted by Gasteiger charge is -2.39. The molecule has 1 heterocycles. The van der Waals surface area contributed by atoms with Crippen molar-refractivity contribution in [3.8, 4) is 0 Å². The molecule has 2 nitrogen and oxygen atoms in total. The smallest absolute Gasteiger partial charge is 0.183 e. The fraction of sp³-hybridized carbons (Fsp3) is 0.562. The second-order valence-electron chi connectivity index (χ2n) is 5.27. The Hall–Kier alpha value is -0.860. The first-order valence-electron chi connectivity index (χ1n) is 7.19. The van der Waals surface area contributed by atoms with E-state index in [1.807, 2.05) is 12.1 Å². The molecule has 104 valence electrons. The van der Waals surface area contributed by atoms with Gasteiger partial charge in [0.1, 0.15) is 0 Å². The van der Waals surface area contributed by atoms with Crippen LogP contribution in [0.15, 0.2) is 24.3 Å². The number of rotatable bonds is 5. The number of ketones is 1. The van der Waals surface area contributed by atoms with Gasteiger partial charge >= 0.3 is 0 Å². The third-order valence-electron chi connectivity index (χ3n) is 4.41. The monoisotopic (exact) mass is 279 g/mol. The van der Waals surface area contributed by atoms with Gasteiger partial charge in [-0.15, -0.1) is 0 Å². The Kier molecular flexibility index (Phi) is 4.64. The van der Waals surface area contributed by atoms with Crippen LogP contribution in [0.2, 0.25) is 5.02 Å². The van der Waals surface area contributed by atoms with Gasteiger partial charge in [-0.25, -0.2) is 0 Å². The molecule has 0 unspecified atom stereocenters. The largest absolute Gasteiger partial charge is 0.292 e. The first-order valence-corrected chi connectivity index (χ1v) is 7.57. The number of halogens is 1. The van der Waals surface area contributed by atoms with E-state index in [1.54, 1.807) is 12.1 Å². The lowest BCUT2D eigenvalue weighted by atomic mass is 9.82. The molecule has 0 aliphatic carbocycles. The molecule has 0 N–H and O–H groups in total. The zero-order valence-electron chi connectivity index (χ0n) is 11.8. The molecular weight excluding hydrogens is 258 g/mol. The van der Waals surface area contributed by atoms with Gasteiger partial charge in [0.25, 0.3) is 0 Å². The standard InChI is InChI=1S/C16H22ClNO/c1-3-16(4-2,18-11-5-6-12-18)15(19)13-7-9-14(17)10-8-13/h7-10H,3-6,11-12H2,1-2H3. The molecule has 3 heteroatoms. The third kappa shape index (κ3) is 2.70. The molecule has 1 aromatic carbocycles. The number of likely N-dealkylation sites (tertiary alicyclic amines) is 1. The SMILES string of the molecule is CCC(CC)(C(=O)c1ccc(Cl)cc1)N1CCCC1. The maximum Gasteiger partial charge on any atom is 0.183 e. The average Bonchev–Trinajstić information content (AvgIpc) is 2.96. The van der Waals surface area contributed by atoms with Crippen LogP contribution < -0.4 is 0 Å². The Morgan fingerprint density at radius 2 is 1.68 bits per heavy atom. The lowest BCUT2D eigenvalue weighted by Crippen LogP contribution is -2.52. The first kappa shape index (κ1) is 14.5. The molecule has 1 fully saturated rings. The molecule has 1 aliphatic heterocycles. The fourth-order valence-electron chi connectivity index (χ4n) is 3.18. The van der Waals surface area contributed by atoms with Crippen molar-refractivity contribution >= 4 is 17.4 Å². The normalized spacial score (nSPS) is 16.8. The van der Waals surface area contributed by atoms with E-state index in [0.29, 0.717) is 5.02 Å². The predicted octanol–water partition coefficient (Wildman–Crippen LogP) is 4.18. The highest BCUT2D eigenvalue weighted by Gasteiger charge is 2.41. The van der Waals surface area contributed by atoms with E-state index in [2.05, 4.69) is 18.7 Å². The molecule has 0 bridgehead atoms. The first-order chi connectivity index (χ1) is 9.14. The van der Waals surface area contributed by atoms with Crippen molar-refractivity contribution in [3.63, 3.8) is 0 Å². The minimum absolute atomic E-state index is 0.246. The Morgan fingerprint density at radius 3 is 2.16 bits per heavy atom. The molecule has 0 aromatic heterocycles. The Morgan fingerprint density at radius 1 is 1.16 bits per heavy atom. The van der Waals surface area contributed by atoms with Gasteiger partial charge in [0, 0.05) is 10.6 Å². The van der Waals surface area contributed by atoms with Gasteiger partial charge < -0.3 is 0 Å². The summed E-state index contributed by atoms with van der Waals surface area (Å²) in [4.78, 5) is 15.3. The Balaban J connectivity index is 2.32. The zero-order chi connectivity index (χ0) is 13.9. The van der Waals surface area contributed by atoms with E-state index in [1.165, 1.54) is 12.8 Å². The molecule has 0 radical (unpaired) electrons. The van der Waals surface area contributed by atoms with Gasteiger partial charge in [-0.3, -0.25) is 9.69 Å². The summed E-state index contributed by atoms with van der Waals surface area (Å²) >= 11 is 5.90. The van der Waals surface area contributed by atoms with Crippen LogP contribution in [0.5, 0.6) is 0 Å². The average molecular weight is 280 g/mol. The van der Waals surface area contributed by atoms with Crippen molar-refractivity contribution in [1.29, 1.82) is 0 Å². The van der Waals surface area contributed by atoms with Gasteiger partial charge in [0.05, 0.1) is 5.54 Å². The van der Waals surface area contributed by atoms with E-state index >= 15 is 0 Å². The van der Waals surface area contributed by atoms with Crippen LogP contribution in [-0.4, -0.2) is 29.3 Å². The third-order valence-corrected chi connectivity index (χ3v) is 4.66. The second kappa shape index (κ2) is 6.06. The van der Waals surface area contributed by atoms with Crippen molar-refractivity contribution in [1.82, 2.24) is 4.90 Å². The summed E-state index contributed by atoms with van der Waals surface area (Å²) < 4.78 is 0. The molecule has 0 saturated carbocycles. The maximum atomic E-state index is 12.9. The molecule has 0 spiro atoms. The summed E-state index contributed by atoms with van der Waals surface area (Å²) in [6.07, 6.45) is 4.14. The van der Waals surface area contributed by atoms with Crippen LogP contribution in [0, 0.1) is 0 Å². The molecule has 1 aromatic rings. The summed E-state index contributed by atoms with van der Waals surface area (Å²) in [5, 5.41) is 0.677. The van der Waals surface area contributed by atoms with Crippen molar-refractivity contribution in [2.75, 3.05) is 13.1 Å². The minimum Gasteiger partial charge on any atom is -0.292 e. The highest BCUT2D eigenvalue weighted by Crippen LogP contribution is 2.32. The second-order valence-corrected chi connectivity index (χ2v) is 5.71. The summed E-state index contributed by atoms with van der Waals surface area (Å²) in [6, 6.07) is 7.30. The quantitative estimate of drug-likeness (QED) is 0.754. The number of carbonyl (C=O) groups is 1. The number of Topliss-reactive ketones (excluding diaryl/α,β-unsaturated/α-hetero) is 1. The topological polar surface area (TPSA) is 20.3 Å². The van der Waals surface area contributed by atoms with Crippen LogP contribution in [-0.2, 0) is 0 Å². The molecule has 0 atom stereocenters. The number of hydrogen-bond acceptors (Lipinski definition) is 2.